The molecule has 0 fully saturated rings. The molecule has 1 aliphatic heterocycles. The summed E-state index contributed by atoms with van der Waals surface area (Å²) < 4.78 is 1.55. The maximum Gasteiger partial charge on any atom is 0.261 e. The van der Waals surface area contributed by atoms with E-state index >= 15 is 0 Å². The summed E-state index contributed by atoms with van der Waals surface area (Å²) in [6.07, 6.45) is 3.05. The van der Waals surface area contributed by atoms with Crippen LogP contribution in [0.25, 0.3) is 10.9 Å². The van der Waals surface area contributed by atoms with Crippen molar-refractivity contribution in [2.75, 3.05) is 0 Å². The quantitative estimate of drug-likeness (QED) is 0.873. The molecule has 1 atom stereocenters. The summed E-state index contributed by atoms with van der Waals surface area (Å²) in [6, 6.07) is 5.21. The number of aromatic nitrogens is 2. The maximum atomic E-state index is 12.4. The van der Waals surface area contributed by atoms with Gasteiger partial charge in [0.15, 0.2) is 6.10 Å². The van der Waals surface area contributed by atoms with Crippen molar-refractivity contribution in [3.63, 3.8) is 0 Å². The van der Waals surface area contributed by atoms with Crippen LogP contribution in [-0.4, -0.2) is 21.4 Å². The molecule has 1 aromatic carbocycles. The lowest BCUT2D eigenvalue weighted by Crippen LogP contribution is -2.27. The van der Waals surface area contributed by atoms with Crippen LogP contribution in [0.3, 0.4) is 0 Å². The first-order valence-electron chi connectivity index (χ1n) is 6.54. The molecule has 0 amide bonds. The zero-order valence-corrected chi connectivity index (χ0v) is 11.8. The van der Waals surface area contributed by atoms with Crippen LogP contribution >= 0.6 is 11.6 Å². The Bertz CT molecular complexity index is 739. The van der Waals surface area contributed by atoms with Crippen molar-refractivity contribution in [2.24, 2.45) is 5.16 Å². The second-order valence-electron chi connectivity index (χ2n) is 4.78. The highest BCUT2D eigenvalue weighted by Gasteiger charge is 2.21. The number of halogens is 1. The molecular formula is C14H14ClN3O2. The zero-order chi connectivity index (χ0) is 14.1. The number of hydrogen-bond acceptors (Lipinski definition) is 4. The van der Waals surface area contributed by atoms with Crippen molar-refractivity contribution in [3.8, 4) is 0 Å². The average molecular weight is 292 g/mol. The molecule has 20 heavy (non-hydrogen) atoms. The summed E-state index contributed by atoms with van der Waals surface area (Å²) in [6.45, 7) is 2.48. The van der Waals surface area contributed by atoms with Crippen molar-refractivity contribution in [1.82, 2.24) is 9.55 Å². The molecule has 0 N–H and O–H groups in total. The molecule has 0 bridgehead atoms. The Hall–Kier alpha value is -1.88. The normalized spacial score (nSPS) is 18.1. The predicted octanol–water partition coefficient (Wildman–Crippen LogP) is 2.60. The molecule has 0 saturated carbocycles. The molecule has 0 saturated heterocycles. The van der Waals surface area contributed by atoms with Gasteiger partial charge in [-0.1, -0.05) is 29.7 Å². The van der Waals surface area contributed by atoms with E-state index in [1.54, 1.807) is 22.8 Å². The third-order valence-corrected chi connectivity index (χ3v) is 3.71. The molecule has 1 aromatic heterocycles. The van der Waals surface area contributed by atoms with Gasteiger partial charge < -0.3 is 4.84 Å². The molecule has 1 aliphatic rings. The molecule has 6 heteroatoms. The smallest absolute Gasteiger partial charge is 0.261 e. The van der Waals surface area contributed by atoms with Crippen molar-refractivity contribution in [1.29, 1.82) is 0 Å². The van der Waals surface area contributed by atoms with E-state index in [9.17, 15) is 4.79 Å². The fraction of sp³-hybridized carbons (Fsp3) is 0.357. The molecule has 0 aliphatic carbocycles. The highest BCUT2D eigenvalue weighted by Crippen LogP contribution is 2.18. The molecule has 2 heterocycles. The fourth-order valence-corrected chi connectivity index (χ4v) is 2.52. The van der Waals surface area contributed by atoms with Crippen LogP contribution < -0.4 is 5.56 Å². The second-order valence-corrected chi connectivity index (χ2v) is 5.19. The Balaban J connectivity index is 1.90. The van der Waals surface area contributed by atoms with Gasteiger partial charge in [-0.25, -0.2) is 4.98 Å². The fourth-order valence-electron chi connectivity index (χ4n) is 2.30. The van der Waals surface area contributed by atoms with E-state index in [4.69, 9.17) is 16.4 Å². The van der Waals surface area contributed by atoms with Crippen molar-refractivity contribution in [2.45, 2.75) is 32.4 Å². The van der Waals surface area contributed by atoms with Gasteiger partial charge in [-0.3, -0.25) is 9.36 Å². The van der Waals surface area contributed by atoms with Crippen LogP contribution in [0.2, 0.25) is 5.02 Å². The first-order chi connectivity index (χ1) is 9.69. The molecule has 104 valence electrons. The highest BCUT2D eigenvalue weighted by molar-refractivity contribution is 6.34. The lowest BCUT2D eigenvalue weighted by Gasteiger charge is -2.11. The minimum atomic E-state index is -0.106. The Morgan fingerprint density at radius 1 is 1.50 bits per heavy atom. The zero-order valence-electron chi connectivity index (χ0n) is 11.0. The topological polar surface area (TPSA) is 56.5 Å². The van der Waals surface area contributed by atoms with Crippen LogP contribution in [0.15, 0.2) is 34.5 Å². The number of nitrogens with zero attached hydrogens (tertiary/aromatic N) is 3. The summed E-state index contributed by atoms with van der Waals surface area (Å²) in [5, 5.41) is 5.01. The van der Waals surface area contributed by atoms with E-state index in [1.165, 1.54) is 6.33 Å². The number of oxime groups is 1. The third-order valence-electron chi connectivity index (χ3n) is 3.41. The van der Waals surface area contributed by atoms with Crippen LogP contribution in [0, 0.1) is 0 Å². The SMILES string of the molecule is CCC1=NOC(Cn2cnc3c(Cl)cccc3c2=O)C1. The first-order valence-corrected chi connectivity index (χ1v) is 6.92. The highest BCUT2D eigenvalue weighted by atomic mass is 35.5. The van der Waals surface area contributed by atoms with E-state index in [0.717, 1.165) is 18.6 Å². The van der Waals surface area contributed by atoms with E-state index < -0.39 is 0 Å². The maximum absolute atomic E-state index is 12.4. The van der Waals surface area contributed by atoms with Crippen LogP contribution in [0.4, 0.5) is 0 Å². The van der Waals surface area contributed by atoms with E-state index in [2.05, 4.69) is 10.1 Å². The van der Waals surface area contributed by atoms with E-state index in [0.29, 0.717) is 22.5 Å². The predicted molar refractivity (Wildman–Crippen MR) is 78.2 cm³/mol. The minimum Gasteiger partial charge on any atom is -0.390 e. The summed E-state index contributed by atoms with van der Waals surface area (Å²) in [4.78, 5) is 22.0. The molecule has 5 nitrogen and oxygen atoms in total. The van der Waals surface area contributed by atoms with Crippen LogP contribution in [0.1, 0.15) is 19.8 Å². The van der Waals surface area contributed by atoms with Gasteiger partial charge >= 0.3 is 0 Å². The third kappa shape index (κ3) is 2.29. The number of para-hydroxylation sites is 1. The standard InChI is InChI=1S/C14H14ClN3O2/c1-2-9-6-10(20-17-9)7-18-8-16-13-11(14(18)19)4-3-5-12(13)15/h3-5,8,10H,2,6-7H2,1H3. The molecular weight excluding hydrogens is 278 g/mol. The number of hydrogen-bond donors (Lipinski definition) is 0. The Labute approximate surface area is 120 Å². The Kier molecular flexibility index (Phi) is 3.44. The van der Waals surface area contributed by atoms with Crippen LogP contribution in [-0.2, 0) is 11.4 Å². The van der Waals surface area contributed by atoms with Gasteiger partial charge in [-0.15, -0.1) is 0 Å². The van der Waals surface area contributed by atoms with Gasteiger partial charge in [0.25, 0.3) is 5.56 Å². The molecule has 2 aromatic rings. The van der Waals surface area contributed by atoms with Crippen molar-refractivity contribution >= 4 is 28.2 Å². The Morgan fingerprint density at radius 2 is 2.35 bits per heavy atom. The van der Waals surface area contributed by atoms with E-state index in [1.807, 2.05) is 6.92 Å². The monoisotopic (exact) mass is 291 g/mol. The number of rotatable bonds is 3. The van der Waals surface area contributed by atoms with Gasteiger partial charge in [-0.2, -0.15) is 0 Å². The summed E-state index contributed by atoms with van der Waals surface area (Å²) in [5.41, 5.74) is 1.46. The largest absolute Gasteiger partial charge is 0.390 e. The van der Waals surface area contributed by atoms with Crippen LogP contribution in [0.5, 0.6) is 0 Å². The summed E-state index contributed by atoms with van der Waals surface area (Å²) in [5.74, 6) is 0. The minimum absolute atomic E-state index is 0.0962. The lowest BCUT2D eigenvalue weighted by molar-refractivity contribution is 0.0716. The average Bonchev–Trinajstić information content (AvgIpc) is 2.90. The summed E-state index contributed by atoms with van der Waals surface area (Å²) >= 11 is 6.04. The van der Waals surface area contributed by atoms with Gasteiger partial charge in [0.2, 0.25) is 0 Å². The first kappa shape index (κ1) is 13.1. The van der Waals surface area contributed by atoms with Gasteiger partial charge in [-0.05, 0) is 18.6 Å². The van der Waals surface area contributed by atoms with Gasteiger partial charge in [0, 0.05) is 6.42 Å². The van der Waals surface area contributed by atoms with E-state index in [-0.39, 0.29) is 11.7 Å². The van der Waals surface area contributed by atoms with Gasteiger partial charge in [0.05, 0.1) is 34.5 Å². The van der Waals surface area contributed by atoms with Gasteiger partial charge in [0.1, 0.15) is 0 Å². The number of fused-ring (bicyclic) bond motifs is 1. The second kappa shape index (κ2) is 5.25. The van der Waals surface area contributed by atoms with Crippen molar-refractivity contribution < 1.29 is 4.84 Å². The molecule has 1 unspecified atom stereocenters. The van der Waals surface area contributed by atoms with Crippen molar-refractivity contribution in [3.05, 3.63) is 39.9 Å². The Morgan fingerprint density at radius 3 is 3.10 bits per heavy atom. The molecule has 0 spiro atoms. The lowest BCUT2D eigenvalue weighted by atomic mass is 10.1. The molecule has 0 radical (unpaired) electrons. The molecule has 3 rings (SSSR count). The summed E-state index contributed by atoms with van der Waals surface area (Å²) in [7, 11) is 0. The number of benzene rings is 1.